The van der Waals surface area contributed by atoms with Gasteiger partial charge in [0.15, 0.2) is 5.82 Å². The lowest BCUT2D eigenvalue weighted by molar-refractivity contribution is 0.121. The first-order chi connectivity index (χ1) is 18.5. The van der Waals surface area contributed by atoms with Crippen molar-refractivity contribution in [3.8, 4) is 11.5 Å². The van der Waals surface area contributed by atoms with Crippen LogP contribution in [-0.4, -0.2) is 57.9 Å². The number of pyridine rings is 1. The van der Waals surface area contributed by atoms with Crippen LogP contribution >= 0.6 is 0 Å². The topological polar surface area (TPSA) is 113 Å². The van der Waals surface area contributed by atoms with E-state index in [-0.39, 0.29) is 18.3 Å². The molecule has 1 amide bonds. The highest BCUT2D eigenvalue weighted by Crippen LogP contribution is 2.30. The first-order valence-corrected chi connectivity index (χ1v) is 12.5. The van der Waals surface area contributed by atoms with Crippen molar-refractivity contribution in [3.05, 3.63) is 82.4 Å². The molecule has 2 N–H and O–H groups in total. The molecule has 2 aromatic carbocycles. The van der Waals surface area contributed by atoms with Crippen LogP contribution in [0.2, 0.25) is 0 Å². The lowest BCUT2D eigenvalue weighted by Gasteiger charge is -2.31. The lowest BCUT2D eigenvalue weighted by Crippen LogP contribution is -2.41. The molecule has 0 saturated carbocycles. The van der Waals surface area contributed by atoms with Crippen molar-refractivity contribution in [2.24, 2.45) is 0 Å². The summed E-state index contributed by atoms with van der Waals surface area (Å²) in [5, 5.41) is 9.50. The summed E-state index contributed by atoms with van der Waals surface area (Å²) in [7, 11) is 3.28. The number of nitrogens with one attached hydrogen (secondary N) is 1. The molecule has 1 fully saturated rings. The van der Waals surface area contributed by atoms with Crippen LogP contribution < -0.4 is 20.1 Å². The van der Waals surface area contributed by atoms with E-state index in [2.05, 4.69) is 9.88 Å². The van der Waals surface area contributed by atoms with Gasteiger partial charge in [-0.05, 0) is 54.3 Å². The third kappa shape index (κ3) is 5.15. The largest absolute Gasteiger partial charge is 0.497 e. The van der Waals surface area contributed by atoms with Crippen LogP contribution in [0.15, 0.2) is 65.6 Å². The van der Waals surface area contributed by atoms with E-state index in [1.165, 1.54) is 4.90 Å². The summed E-state index contributed by atoms with van der Waals surface area (Å²) in [6, 6.07) is 17.3. The second-order valence-corrected chi connectivity index (χ2v) is 9.41. The fourth-order valence-corrected chi connectivity index (χ4v) is 5.09. The standard InChI is InChI=1S/C28H31N5O5/c1-37-22-9-5-19(6-10-22)16-32(17-20-7-11-23(38-2)12-8-20)26-25-24(13-14-29-26)33(27(34)30-25)21-4-3-15-31(18-21)28(35)36/h5-14,21H,3-4,15-18H2,1-2H3,(H,30,34)(H,35,36). The van der Waals surface area contributed by atoms with Gasteiger partial charge in [-0.1, -0.05) is 24.3 Å². The molecule has 0 radical (unpaired) electrons. The minimum absolute atomic E-state index is 0.243. The molecule has 2 aromatic heterocycles. The fourth-order valence-electron chi connectivity index (χ4n) is 5.09. The van der Waals surface area contributed by atoms with Crippen LogP contribution in [0.3, 0.4) is 0 Å². The van der Waals surface area contributed by atoms with E-state index in [0.717, 1.165) is 29.0 Å². The smallest absolute Gasteiger partial charge is 0.407 e. The number of carboxylic acid groups (broad SMARTS) is 1. The average Bonchev–Trinajstić information content (AvgIpc) is 3.29. The SMILES string of the molecule is COc1ccc(CN(Cc2ccc(OC)cc2)c2nccc3c2[nH]c(=O)n3C2CCCN(C(=O)O)C2)cc1. The molecule has 1 aliphatic heterocycles. The van der Waals surface area contributed by atoms with Gasteiger partial charge < -0.3 is 29.4 Å². The Morgan fingerprint density at radius 2 is 1.63 bits per heavy atom. The first-order valence-electron chi connectivity index (χ1n) is 12.5. The zero-order valence-corrected chi connectivity index (χ0v) is 21.5. The van der Waals surface area contributed by atoms with Gasteiger partial charge in [0, 0.05) is 32.4 Å². The zero-order valence-electron chi connectivity index (χ0n) is 21.5. The monoisotopic (exact) mass is 517 g/mol. The number of nitrogens with zero attached hydrogens (tertiary/aromatic N) is 4. The van der Waals surface area contributed by atoms with Crippen molar-refractivity contribution in [1.82, 2.24) is 19.4 Å². The maximum Gasteiger partial charge on any atom is 0.407 e. The Balaban J connectivity index is 1.54. The number of aromatic nitrogens is 3. The van der Waals surface area contributed by atoms with Crippen LogP contribution in [0.5, 0.6) is 11.5 Å². The van der Waals surface area contributed by atoms with Gasteiger partial charge in [0.1, 0.15) is 17.0 Å². The third-order valence-corrected chi connectivity index (χ3v) is 7.02. The van der Waals surface area contributed by atoms with E-state index in [1.807, 2.05) is 54.6 Å². The molecule has 10 nitrogen and oxygen atoms in total. The Bertz CT molecular complexity index is 1410. The summed E-state index contributed by atoms with van der Waals surface area (Å²) in [6.07, 6.45) is 2.18. The number of hydrogen-bond donors (Lipinski definition) is 2. The highest BCUT2D eigenvalue weighted by atomic mass is 16.5. The van der Waals surface area contributed by atoms with E-state index in [9.17, 15) is 14.7 Å². The molecule has 3 heterocycles. The van der Waals surface area contributed by atoms with Gasteiger partial charge in [-0.3, -0.25) is 4.57 Å². The molecule has 1 aliphatic rings. The Morgan fingerprint density at radius 1 is 1.03 bits per heavy atom. The van der Waals surface area contributed by atoms with Gasteiger partial charge in [0.25, 0.3) is 0 Å². The zero-order chi connectivity index (χ0) is 26.6. The molecule has 4 aromatic rings. The minimum atomic E-state index is -0.963. The number of amides is 1. The molecule has 0 spiro atoms. The van der Waals surface area contributed by atoms with Crippen LogP contribution in [0.4, 0.5) is 10.6 Å². The summed E-state index contributed by atoms with van der Waals surface area (Å²) < 4.78 is 12.3. The number of piperidine rings is 1. The van der Waals surface area contributed by atoms with Crippen LogP contribution in [-0.2, 0) is 13.1 Å². The molecule has 10 heteroatoms. The molecule has 0 bridgehead atoms. The van der Waals surface area contributed by atoms with Crippen LogP contribution in [0.1, 0.15) is 30.0 Å². The number of fused-ring (bicyclic) bond motifs is 1. The molecular weight excluding hydrogens is 486 g/mol. The third-order valence-electron chi connectivity index (χ3n) is 7.02. The summed E-state index contributed by atoms with van der Waals surface area (Å²) in [4.78, 5) is 36.0. The number of ether oxygens (including phenoxy) is 2. The van der Waals surface area contributed by atoms with Crippen molar-refractivity contribution in [1.29, 1.82) is 0 Å². The second kappa shape index (κ2) is 10.9. The van der Waals surface area contributed by atoms with E-state index >= 15 is 0 Å². The number of imidazole rings is 1. The average molecular weight is 518 g/mol. The Kier molecular flexibility index (Phi) is 7.21. The Labute approximate surface area is 220 Å². The quantitative estimate of drug-likeness (QED) is 0.359. The highest BCUT2D eigenvalue weighted by Gasteiger charge is 2.28. The molecule has 38 heavy (non-hydrogen) atoms. The van der Waals surface area contributed by atoms with Gasteiger partial charge in [-0.15, -0.1) is 0 Å². The number of aromatic amines is 1. The number of anilines is 1. The number of carbonyl (C=O) groups is 1. The van der Waals surface area contributed by atoms with Gasteiger partial charge >= 0.3 is 11.8 Å². The van der Waals surface area contributed by atoms with Crippen molar-refractivity contribution in [2.75, 3.05) is 32.2 Å². The van der Waals surface area contributed by atoms with Crippen LogP contribution in [0, 0.1) is 0 Å². The van der Waals surface area contributed by atoms with E-state index in [1.54, 1.807) is 25.0 Å². The molecule has 0 aliphatic carbocycles. The summed E-state index contributed by atoms with van der Waals surface area (Å²) >= 11 is 0. The van der Waals surface area contributed by atoms with Crippen LogP contribution in [0.25, 0.3) is 11.0 Å². The van der Waals surface area contributed by atoms with E-state index in [0.29, 0.717) is 42.9 Å². The highest BCUT2D eigenvalue weighted by molar-refractivity contribution is 5.86. The predicted octanol–water partition coefficient (Wildman–Crippen LogP) is 4.26. The maximum absolute atomic E-state index is 13.2. The number of H-pyrrole nitrogens is 1. The van der Waals surface area contributed by atoms with Crippen molar-refractivity contribution >= 4 is 22.9 Å². The molecule has 5 rings (SSSR count). The minimum Gasteiger partial charge on any atom is -0.497 e. The van der Waals surface area contributed by atoms with Crippen molar-refractivity contribution < 1.29 is 19.4 Å². The maximum atomic E-state index is 13.2. The molecular formula is C28H31N5O5. The second-order valence-electron chi connectivity index (χ2n) is 9.41. The fraction of sp³-hybridized carbons (Fsp3) is 0.321. The normalized spacial score (nSPS) is 15.4. The number of methoxy groups -OCH3 is 2. The number of benzene rings is 2. The lowest BCUT2D eigenvalue weighted by atomic mass is 10.1. The van der Waals surface area contributed by atoms with Gasteiger partial charge in [0.2, 0.25) is 0 Å². The Hall–Kier alpha value is -4.47. The van der Waals surface area contributed by atoms with E-state index in [4.69, 9.17) is 14.5 Å². The number of rotatable bonds is 8. The molecule has 1 unspecified atom stereocenters. The van der Waals surface area contributed by atoms with Crippen molar-refractivity contribution in [2.45, 2.75) is 32.0 Å². The summed E-state index contributed by atoms with van der Waals surface area (Å²) in [5.41, 5.74) is 3.20. The van der Waals surface area contributed by atoms with Gasteiger partial charge in [0.05, 0.1) is 25.8 Å². The summed E-state index contributed by atoms with van der Waals surface area (Å²) in [6.45, 7) is 1.85. The van der Waals surface area contributed by atoms with E-state index < -0.39 is 6.09 Å². The molecule has 1 atom stereocenters. The molecule has 1 saturated heterocycles. The summed E-state index contributed by atoms with van der Waals surface area (Å²) in [5.74, 6) is 2.20. The number of hydrogen-bond acceptors (Lipinski definition) is 6. The Morgan fingerprint density at radius 3 is 2.18 bits per heavy atom. The van der Waals surface area contributed by atoms with Gasteiger partial charge in [-0.2, -0.15) is 0 Å². The van der Waals surface area contributed by atoms with Gasteiger partial charge in [-0.25, -0.2) is 14.6 Å². The predicted molar refractivity (Wildman–Crippen MR) is 144 cm³/mol. The molecule has 198 valence electrons. The van der Waals surface area contributed by atoms with Crippen molar-refractivity contribution in [3.63, 3.8) is 0 Å². The first kappa shape index (κ1) is 25.2. The number of likely N-dealkylation sites (tertiary alicyclic amines) is 1.